The normalized spacial score (nSPS) is 19.1. The molecule has 0 bridgehead atoms. The van der Waals surface area contributed by atoms with Crippen LogP contribution in [0, 0.1) is 5.92 Å². The number of hydrogen-bond donors (Lipinski definition) is 3. The van der Waals surface area contributed by atoms with E-state index in [9.17, 15) is 9.90 Å². The fraction of sp³-hybridized carbons (Fsp3) is 0.688. The molecule has 1 amide bonds. The number of aliphatic hydroxyl groups excluding tert-OH is 1. The van der Waals surface area contributed by atoms with Crippen LogP contribution in [0.2, 0.25) is 0 Å². The average molecular weight is 310 g/mol. The highest BCUT2D eigenvalue weighted by atomic mass is 32.1. The third kappa shape index (κ3) is 4.80. The van der Waals surface area contributed by atoms with Crippen molar-refractivity contribution in [2.45, 2.75) is 51.1 Å². The summed E-state index contributed by atoms with van der Waals surface area (Å²) in [7, 11) is 0. The topological polar surface area (TPSA) is 61.4 Å². The highest BCUT2D eigenvalue weighted by Crippen LogP contribution is 2.32. The molecule has 2 rings (SSSR count). The first-order valence-corrected chi connectivity index (χ1v) is 8.67. The second kappa shape index (κ2) is 7.92. The van der Waals surface area contributed by atoms with Gasteiger partial charge in [0, 0.05) is 10.4 Å². The van der Waals surface area contributed by atoms with E-state index in [-0.39, 0.29) is 24.6 Å². The number of carbonyl (C=O) groups is 1. The predicted molar refractivity (Wildman–Crippen MR) is 86.2 cm³/mol. The van der Waals surface area contributed by atoms with Crippen molar-refractivity contribution in [1.29, 1.82) is 0 Å². The predicted octanol–water partition coefficient (Wildman–Crippen LogP) is 2.29. The number of thiophene rings is 1. The molecule has 5 heteroatoms. The summed E-state index contributed by atoms with van der Waals surface area (Å²) < 4.78 is 0. The van der Waals surface area contributed by atoms with Crippen molar-refractivity contribution in [1.82, 2.24) is 10.6 Å². The molecule has 1 aliphatic rings. The van der Waals surface area contributed by atoms with Gasteiger partial charge in [-0.15, -0.1) is 11.3 Å². The van der Waals surface area contributed by atoms with Gasteiger partial charge in [0.05, 0.1) is 19.7 Å². The molecule has 1 atom stereocenters. The van der Waals surface area contributed by atoms with E-state index in [2.05, 4.69) is 10.6 Å². The fourth-order valence-electron chi connectivity index (χ4n) is 3.01. The van der Waals surface area contributed by atoms with Crippen LogP contribution in [0.5, 0.6) is 0 Å². The van der Waals surface area contributed by atoms with Crippen LogP contribution in [-0.4, -0.2) is 29.7 Å². The summed E-state index contributed by atoms with van der Waals surface area (Å²) >= 11 is 1.64. The Morgan fingerprint density at radius 3 is 2.81 bits per heavy atom. The lowest BCUT2D eigenvalue weighted by Gasteiger charge is -2.39. The molecule has 21 heavy (non-hydrogen) atoms. The molecule has 0 aliphatic heterocycles. The molecule has 3 N–H and O–H groups in total. The van der Waals surface area contributed by atoms with E-state index in [1.807, 2.05) is 24.4 Å². The van der Waals surface area contributed by atoms with E-state index in [1.54, 1.807) is 11.3 Å². The van der Waals surface area contributed by atoms with E-state index >= 15 is 0 Å². The first kappa shape index (κ1) is 16.5. The SMILES string of the molecule is C[C@](CO)(NCC(=O)NCc1cccs1)C1CCCCC1. The lowest BCUT2D eigenvalue weighted by atomic mass is 9.76. The van der Waals surface area contributed by atoms with Gasteiger partial charge in [0.25, 0.3) is 0 Å². The third-order valence-electron chi connectivity index (χ3n) is 4.53. The van der Waals surface area contributed by atoms with Crippen molar-refractivity contribution < 1.29 is 9.90 Å². The maximum absolute atomic E-state index is 11.9. The summed E-state index contributed by atoms with van der Waals surface area (Å²) in [5, 5.41) is 17.9. The largest absolute Gasteiger partial charge is 0.394 e. The molecule has 1 heterocycles. The van der Waals surface area contributed by atoms with Crippen molar-refractivity contribution in [2.75, 3.05) is 13.2 Å². The average Bonchev–Trinajstić information content (AvgIpc) is 3.05. The quantitative estimate of drug-likeness (QED) is 0.724. The minimum atomic E-state index is -0.347. The summed E-state index contributed by atoms with van der Waals surface area (Å²) in [6.45, 7) is 2.96. The van der Waals surface area contributed by atoms with Crippen molar-refractivity contribution in [3.05, 3.63) is 22.4 Å². The highest BCUT2D eigenvalue weighted by Gasteiger charge is 2.34. The molecule has 0 saturated heterocycles. The molecule has 0 radical (unpaired) electrons. The Bertz CT molecular complexity index is 429. The van der Waals surface area contributed by atoms with Gasteiger partial charge in [0.2, 0.25) is 5.91 Å². The second-order valence-electron chi connectivity index (χ2n) is 6.12. The van der Waals surface area contributed by atoms with Crippen LogP contribution in [0.15, 0.2) is 17.5 Å². The smallest absolute Gasteiger partial charge is 0.234 e. The molecule has 0 aromatic carbocycles. The first-order valence-electron chi connectivity index (χ1n) is 7.79. The molecule has 118 valence electrons. The molecule has 4 nitrogen and oxygen atoms in total. The monoisotopic (exact) mass is 310 g/mol. The molecular formula is C16H26N2O2S. The molecule has 1 fully saturated rings. The molecular weight excluding hydrogens is 284 g/mol. The van der Waals surface area contributed by atoms with E-state index in [0.717, 1.165) is 17.7 Å². The summed E-state index contributed by atoms with van der Waals surface area (Å²) in [6.07, 6.45) is 6.03. The van der Waals surface area contributed by atoms with Gasteiger partial charge in [0.15, 0.2) is 0 Å². The molecule has 1 aromatic rings. The van der Waals surface area contributed by atoms with Crippen molar-refractivity contribution in [2.24, 2.45) is 5.92 Å². The van der Waals surface area contributed by atoms with Gasteiger partial charge in [-0.05, 0) is 37.1 Å². The van der Waals surface area contributed by atoms with Gasteiger partial charge < -0.3 is 15.7 Å². The minimum absolute atomic E-state index is 0.0149. The van der Waals surface area contributed by atoms with Crippen molar-refractivity contribution in [3.63, 3.8) is 0 Å². The fourth-order valence-corrected chi connectivity index (χ4v) is 3.66. The number of amides is 1. The van der Waals surface area contributed by atoms with Crippen molar-refractivity contribution in [3.8, 4) is 0 Å². The van der Waals surface area contributed by atoms with Crippen LogP contribution >= 0.6 is 11.3 Å². The van der Waals surface area contributed by atoms with Crippen LogP contribution in [0.4, 0.5) is 0 Å². The lowest BCUT2D eigenvalue weighted by molar-refractivity contribution is -0.121. The standard InChI is InChI=1S/C16H26N2O2S/c1-16(12-19,13-6-3-2-4-7-13)18-11-15(20)17-10-14-8-5-9-21-14/h5,8-9,13,18-19H,2-4,6-7,10-12H2,1H3,(H,17,20)/t16-/m1/s1. The van der Waals surface area contributed by atoms with E-state index in [4.69, 9.17) is 0 Å². The van der Waals surface area contributed by atoms with Gasteiger partial charge in [-0.2, -0.15) is 0 Å². The Balaban J connectivity index is 1.77. The second-order valence-corrected chi connectivity index (χ2v) is 7.15. The molecule has 1 aliphatic carbocycles. The summed E-state index contributed by atoms with van der Waals surface area (Å²) in [5.41, 5.74) is -0.347. The van der Waals surface area contributed by atoms with Crippen LogP contribution in [0.1, 0.15) is 43.9 Å². The number of rotatable bonds is 7. The van der Waals surface area contributed by atoms with Crippen LogP contribution in [0.3, 0.4) is 0 Å². The van der Waals surface area contributed by atoms with E-state index in [0.29, 0.717) is 12.5 Å². The summed E-state index contributed by atoms with van der Waals surface area (Å²) in [6, 6.07) is 3.99. The van der Waals surface area contributed by atoms with Crippen LogP contribution in [0.25, 0.3) is 0 Å². The number of nitrogens with one attached hydrogen (secondary N) is 2. The van der Waals surface area contributed by atoms with E-state index < -0.39 is 0 Å². The maximum Gasteiger partial charge on any atom is 0.234 e. The lowest BCUT2D eigenvalue weighted by Crippen LogP contribution is -2.55. The zero-order valence-corrected chi connectivity index (χ0v) is 13.5. The molecule has 1 saturated carbocycles. The highest BCUT2D eigenvalue weighted by molar-refractivity contribution is 7.09. The van der Waals surface area contributed by atoms with Gasteiger partial charge in [0.1, 0.15) is 0 Å². The van der Waals surface area contributed by atoms with E-state index in [1.165, 1.54) is 19.3 Å². The molecule has 1 aromatic heterocycles. The first-order chi connectivity index (χ1) is 10.1. The Labute approximate surface area is 131 Å². The van der Waals surface area contributed by atoms with Gasteiger partial charge >= 0.3 is 0 Å². The zero-order valence-electron chi connectivity index (χ0n) is 12.7. The van der Waals surface area contributed by atoms with Gasteiger partial charge in [-0.1, -0.05) is 25.3 Å². The summed E-state index contributed by atoms with van der Waals surface area (Å²) in [4.78, 5) is 13.1. The third-order valence-corrected chi connectivity index (χ3v) is 5.40. The van der Waals surface area contributed by atoms with Gasteiger partial charge in [-0.3, -0.25) is 4.79 Å². The Morgan fingerprint density at radius 2 is 2.19 bits per heavy atom. The molecule has 0 spiro atoms. The number of aliphatic hydroxyl groups is 1. The Kier molecular flexibility index (Phi) is 6.21. The Hall–Kier alpha value is -0.910. The van der Waals surface area contributed by atoms with Crippen LogP contribution < -0.4 is 10.6 Å². The van der Waals surface area contributed by atoms with Crippen molar-refractivity contribution >= 4 is 17.2 Å². The van der Waals surface area contributed by atoms with Gasteiger partial charge in [-0.25, -0.2) is 0 Å². The van der Waals surface area contributed by atoms with Crippen LogP contribution in [-0.2, 0) is 11.3 Å². The number of carbonyl (C=O) groups excluding carboxylic acids is 1. The Morgan fingerprint density at radius 1 is 1.43 bits per heavy atom. The number of hydrogen-bond acceptors (Lipinski definition) is 4. The zero-order chi connectivity index (χ0) is 15.1. The maximum atomic E-state index is 11.9. The summed E-state index contributed by atoms with van der Waals surface area (Å²) in [5.74, 6) is 0.445. The molecule has 0 unspecified atom stereocenters. The minimum Gasteiger partial charge on any atom is -0.394 e.